The van der Waals surface area contributed by atoms with Crippen molar-refractivity contribution < 1.29 is 0 Å². The molecule has 0 atom stereocenters. The highest BCUT2D eigenvalue weighted by Gasteiger charge is 2.22. The summed E-state index contributed by atoms with van der Waals surface area (Å²) in [5.41, 5.74) is 0. The standard InChI is InChI=1S/C4H9Cl2Si/c1-7(2,3)4(5)6/h1-3H3. The smallest absolute Gasteiger partial charge is 0.103 e. The van der Waals surface area contributed by atoms with E-state index in [4.69, 9.17) is 23.2 Å². The van der Waals surface area contributed by atoms with Crippen molar-refractivity contribution in [2.45, 2.75) is 19.6 Å². The maximum Gasteiger partial charge on any atom is 0.136 e. The lowest BCUT2D eigenvalue weighted by Crippen LogP contribution is -2.23. The van der Waals surface area contributed by atoms with E-state index < -0.39 is 8.07 Å². The Morgan fingerprint density at radius 1 is 1.14 bits per heavy atom. The van der Waals surface area contributed by atoms with E-state index in [1.165, 1.54) is 0 Å². The van der Waals surface area contributed by atoms with Gasteiger partial charge in [0.1, 0.15) is 4.46 Å². The van der Waals surface area contributed by atoms with Gasteiger partial charge >= 0.3 is 0 Å². The average molecular weight is 156 g/mol. The summed E-state index contributed by atoms with van der Waals surface area (Å²) in [6, 6.07) is 0. The van der Waals surface area contributed by atoms with Gasteiger partial charge in [0, 0.05) is 0 Å². The van der Waals surface area contributed by atoms with Gasteiger partial charge in [-0.1, -0.05) is 19.6 Å². The molecule has 0 aliphatic rings. The largest absolute Gasteiger partial charge is 0.136 e. The van der Waals surface area contributed by atoms with Crippen molar-refractivity contribution in [1.29, 1.82) is 0 Å². The molecule has 3 heteroatoms. The van der Waals surface area contributed by atoms with Crippen LogP contribution in [0, 0.1) is 4.46 Å². The van der Waals surface area contributed by atoms with Crippen LogP contribution in [0.3, 0.4) is 0 Å². The Kier molecular flexibility index (Phi) is 2.65. The highest BCUT2D eigenvalue weighted by atomic mass is 35.5. The van der Waals surface area contributed by atoms with Gasteiger partial charge in [-0.2, -0.15) is 0 Å². The molecule has 0 saturated heterocycles. The van der Waals surface area contributed by atoms with Gasteiger partial charge in [-0.05, 0) is 0 Å². The zero-order valence-electron chi connectivity index (χ0n) is 4.76. The molecule has 43 valence electrons. The Bertz CT molecular complexity index is 55.2. The van der Waals surface area contributed by atoms with Crippen LogP contribution in [-0.4, -0.2) is 8.07 Å². The monoisotopic (exact) mass is 155 g/mol. The molecule has 0 heterocycles. The number of hydrogen-bond acceptors (Lipinski definition) is 0. The van der Waals surface area contributed by atoms with Crippen molar-refractivity contribution >= 4 is 31.3 Å². The van der Waals surface area contributed by atoms with Crippen LogP contribution in [0.2, 0.25) is 19.6 Å². The van der Waals surface area contributed by atoms with Gasteiger partial charge < -0.3 is 0 Å². The number of halogens is 2. The first-order chi connectivity index (χ1) is 2.94. The first-order valence-corrected chi connectivity index (χ1v) is 6.38. The van der Waals surface area contributed by atoms with Gasteiger partial charge in [0.15, 0.2) is 0 Å². The van der Waals surface area contributed by atoms with Crippen molar-refractivity contribution in [3.05, 3.63) is 4.46 Å². The third-order valence-corrected chi connectivity index (χ3v) is 5.10. The topological polar surface area (TPSA) is 0 Å². The van der Waals surface area contributed by atoms with E-state index in [2.05, 4.69) is 19.6 Å². The molecule has 0 bridgehead atoms. The zero-order chi connectivity index (χ0) is 6.08. The van der Waals surface area contributed by atoms with Crippen molar-refractivity contribution in [2.24, 2.45) is 0 Å². The van der Waals surface area contributed by atoms with Crippen molar-refractivity contribution in [1.82, 2.24) is 0 Å². The minimum atomic E-state index is -1.29. The van der Waals surface area contributed by atoms with Crippen molar-refractivity contribution in [3.8, 4) is 0 Å². The Morgan fingerprint density at radius 2 is 1.29 bits per heavy atom. The molecule has 0 nitrogen and oxygen atoms in total. The molecule has 1 radical (unpaired) electrons. The van der Waals surface area contributed by atoms with Gasteiger partial charge in [0.2, 0.25) is 0 Å². The van der Waals surface area contributed by atoms with E-state index in [1.54, 1.807) is 0 Å². The summed E-state index contributed by atoms with van der Waals surface area (Å²) >= 11 is 11.0. The fourth-order valence-electron chi connectivity index (χ4n) is 0. The molecule has 0 aliphatic carbocycles. The summed E-state index contributed by atoms with van der Waals surface area (Å²) in [7, 11) is -1.29. The summed E-state index contributed by atoms with van der Waals surface area (Å²) in [6.45, 7) is 6.30. The third-order valence-electron chi connectivity index (χ3n) is 0.567. The molecule has 0 amide bonds. The number of rotatable bonds is 1. The minimum absolute atomic E-state index is 0.576. The lowest BCUT2D eigenvalue weighted by atomic mass is 11.7. The Balaban J connectivity index is 3.54. The average Bonchev–Trinajstić information content (AvgIpc) is 1.31. The summed E-state index contributed by atoms with van der Waals surface area (Å²) in [4.78, 5) is 0. The minimum Gasteiger partial charge on any atom is -0.103 e. The highest BCUT2D eigenvalue weighted by Crippen LogP contribution is 2.25. The highest BCUT2D eigenvalue weighted by molar-refractivity contribution is 6.97. The van der Waals surface area contributed by atoms with Gasteiger partial charge in [0.25, 0.3) is 0 Å². The van der Waals surface area contributed by atoms with Gasteiger partial charge in [-0.3, -0.25) is 0 Å². The molecule has 0 N–H and O–H groups in total. The normalized spacial score (nSPS) is 12.9. The quantitative estimate of drug-likeness (QED) is 0.512. The van der Waals surface area contributed by atoms with E-state index in [1.807, 2.05) is 0 Å². The summed E-state index contributed by atoms with van der Waals surface area (Å²) in [5, 5.41) is 0. The lowest BCUT2D eigenvalue weighted by molar-refractivity contribution is 1.72. The molecule has 0 aliphatic heterocycles. The molecule has 0 unspecified atom stereocenters. The van der Waals surface area contributed by atoms with Crippen LogP contribution >= 0.6 is 23.2 Å². The fraction of sp³-hybridized carbons (Fsp3) is 0.750. The van der Waals surface area contributed by atoms with Crippen LogP contribution in [0.15, 0.2) is 0 Å². The van der Waals surface area contributed by atoms with Crippen molar-refractivity contribution in [3.63, 3.8) is 0 Å². The SMILES string of the molecule is C[Si](C)(C)[C](Cl)Cl. The molecular weight excluding hydrogens is 147 g/mol. The molecule has 0 aromatic heterocycles. The molecule has 0 rings (SSSR count). The van der Waals surface area contributed by atoms with Gasteiger partial charge in [-0.15, -0.1) is 23.2 Å². The number of hydrogen-bond donors (Lipinski definition) is 0. The first-order valence-electron chi connectivity index (χ1n) is 2.13. The third kappa shape index (κ3) is 3.39. The van der Waals surface area contributed by atoms with E-state index in [0.29, 0.717) is 4.46 Å². The molecule has 0 aromatic rings. The van der Waals surface area contributed by atoms with Crippen LogP contribution in [0.5, 0.6) is 0 Å². The molecule has 0 saturated carbocycles. The van der Waals surface area contributed by atoms with E-state index in [0.717, 1.165) is 0 Å². The molecule has 0 fully saturated rings. The summed E-state index contributed by atoms with van der Waals surface area (Å²) in [6.07, 6.45) is 0. The lowest BCUT2D eigenvalue weighted by Gasteiger charge is -2.13. The summed E-state index contributed by atoms with van der Waals surface area (Å²) in [5.74, 6) is 0. The van der Waals surface area contributed by atoms with Crippen LogP contribution < -0.4 is 0 Å². The van der Waals surface area contributed by atoms with Gasteiger partial charge in [-0.25, -0.2) is 0 Å². The van der Waals surface area contributed by atoms with Crippen LogP contribution in [0.25, 0.3) is 0 Å². The maximum atomic E-state index is 5.50. The predicted octanol–water partition coefficient (Wildman–Crippen LogP) is 2.83. The van der Waals surface area contributed by atoms with Crippen LogP contribution in [0.4, 0.5) is 0 Å². The molecule has 0 spiro atoms. The zero-order valence-corrected chi connectivity index (χ0v) is 7.27. The van der Waals surface area contributed by atoms with E-state index in [-0.39, 0.29) is 0 Å². The van der Waals surface area contributed by atoms with Gasteiger partial charge in [0.05, 0.1) is 8.07 Å². The molecule has 7 heavy (non-hydrogen) atoms. The second-order valence-corrected chi connectivity index (χ2v) is 9.09. The first kappa shape index (κ1) is 7.80. The fourth-order valence-corrected chi connectivity index (χ4v) is 0. The van der Waals surface area contributed by atoms with Crippen LogP contribution in [0.1, 0.15) is 0 Å². The Labute approximate surface area is 55.8 Å². The molecule has 0 aromatic carbocycles. The predicted molar refractivity (Wildman–Crippen MR) is 38.3 cm³/mol. The second kappa shape index (κ2) is 2.38. The second-order valence-electron chi connectivity index (χ2n) is 2.51. The van der Waals surface area contributed by atoms with E-state index >= 15 is 0 Å². The molecular formula is C4H9Cl2Si. The van der Waals surface area contributed by atoms with Crippen molar-refractivity contribution in [2.75, 3.05) is 0 Å². The summed E-state index contributed by atoms with van der Waals surface area (Å²) < 4.78 is 0.576. The maximum absolute atomic E-state index is 5.50. The Hall–Kier alpha value is 0.797. The van der Waals surface area contributed by atoms with Crippen LogP contribution in [-0.2, 0) is 0 Å². The Morgan fingerprint density at radius 3 is 1.29 bits per heavy atom. The van der Waals surface area contributed by atoms with E-state index in [9.17, 15) is 0 Å².